The van der Waals surface area contributed by atoms with Gasteiger partial charge in [-0.15, -0.1) is 0 Å². The van der Waals surface area contributed by atoms with Crippen LogP contribution in [0.15, 0.2) is 30.3 Å². The van der Waals surface area contributed by atoms with E-state index in [0.717, 1.165) is 11.1 Å². The molecule has 0 aliphatic carbocycles. The Balaban J connectivity index is 2.64. The molecule has 2 rings (SSSR count). The highest BCUT2D eigenvalue weighted by Crippen LogP contribution is 2.30. The van der Waals surface area contributed by atoms with Crippen LogP contribution < -0.4 is 0 Å². The number of hydrogen-bond acceptors (Lipinski definition) is 1. The van der Waals surface area contributed by atoms with Crippen LogP contribution in [0.3, 0.4) is 0 Å². The van der Waals surface area contributed by atoms with Crippen molar-refractivity contribution in [1.29, 1.82) is 0 Å². The average Bonchev–Trinajstić information content (AvgIpc) is 2.22. The van der Waals surface area contributed by atoms with Crippen molar-refractivity contribution in [3.63, 3.8) is 0 Å². The first-order valence-electron chi connectivity index (χ1n) is 5.86. The molecular formula is C16H18O. The van der Waals surface area contributed by atoms with E-state index in [0.29, 0.717) is 5.75 Å². The lowest BCUT2D eigenvalue weighted by Crippen LogP contribution is -1.88. The summed E-state index contributed by atoms with van der Waals surface area (Å²) >= 11 is 0. The molecule has 0 aliphatic heterocycles. The molecule has 17 heavy (non-hydrogen) atoms. The van der Waals surface area contributed by atoms with Gasteiger partial charge in [-0.25, -0.2) is 0 Å². The Hall–Kier alpha value is -1.76. The van der Waals surface area contributed by atoms with E-state index in [-0.39, 0.29) is 0 Å². The molecule has 0 unspecified atom stereocenters. The lowest BCUT2D eigenvalue weighted by atomic mass is 9.95. The molecule has 0 bridgehead atoms. The van der Waals surface area contributed by atoms with Crippen LogP contribution in [0.2, 0.25) is 0 Å². The van der Waals surface area contributed by atoms with Gasteiger partial charge in [0, 0.05) is 0 Å². The van der Waals surface area contributed by atoms with Crippen LogP contribution in [0.4, 0.5) is 0 Å². The normalized spacial score (nSPS) is 10.6. The smallest absolute Gasteiger partial charge is 0.118 e. The Bertz CT molecular complexity index is 548. The summed E-state index contributed by atoms with van der Waals surface area (Å²) in [6.07, 6.45) is 0. The maximum Gasteiger partial charge on any atom is 0.118 e. The van der Waals surface area contributed by atoms with Crippen molar-refractivity contribution in [2.75, 3.05) is 0 Å². The first-order chi connectivity index (χ1) is 7.97. The molecule has 0 aromatic heterocycles. The fourth-order valence-electron chi connectivity index (χ4n) is 2.24. The van der Waals surface area contributed by atoms with Crippen LogP contribution >= 0.6 is 0 Å². The summed E-state index contributed by atoms with van der Waals surface area (Å²) in [6.45, 7) is 8.19. The molecule has 2 aromatic rings. The van der Waals surface area contributed by atoms with E-state index in [4.69, 9.17) is 0 Å². The van der Waals surface area contributed by atoms with Gasteiger partial charge >= 0.3 is 0 Å². The maximum absolute atomic E-state index is 9.68. The summed E-state index contributed by atoms with van der Waals surface area (Å²) in [5.41, 5.74) is 6.99. The molecule has 0 heterocycles. The van der Waals surface area contributed by atoms with Crippen molar-refractivity contribution >= 4 is 0 Å². The number of rotatable bonds is 1. The molecule has 1 heteroatoms. The molecule has 0 spiro atoms. The Morgan fingerprint density at radius 1 is 0.706 bits per heavy atom. The number of phenols is 1. The Kier molecular flexibility index (Phi) is 2.93. The molecule has 88 valence electrons. The molecule has 1 N–H and O–H groups in total. The van der Waals surface area contributed by atoms with E-state index < -0.39 is 0 Å². The largest absolute Gasteiger partial charge is 0.508 e. The average molecular weight is 226 g/mol. The summed E-state index contributed by atoms with van der Waals surface area (Å²) in [6, 6.07) is 10.4. The zero-order valence-electron chi connectivity index (χ0n) is 10.8. The minimum atomic E-state index is 0.371. The molecule has 0 atom stereocenters. The Morgan fingerprint density at radius 3 is 1.88 bits per heavy atom. The van der Waals surface area contributed by atoms with E-state index >= 15 is 0 Å². The molecule has 0 saturated carbocycles. The number of aromatic hydroxyl groups is 1. The SMILES string of the molecule is Cc1cc(C)cc(-c2cc(C)c(O)cc2C)c1. The van der Waals surface area contributed by atoms with Gasteiger partial charge in [0.05, 0.1) is 0 Å². The van der Waals surface area contributed by atoms with E-state index in [2.05, 4.69) is 38.1 Å². The standard InChI is InChI=1S/C16H18O/c1-10-5-11(2)7-14(6-10)15-8-13(4)16(17)9-12(15)3/h5-9,17H,1-4H3. The van der Waals surface area contributed by atoms with Gasteiger partial charge in [0.25, 0.3) is 0 Å². The first-order valence-corrected chi connectivity index (χ1v) is 5.86. The van der Waals surface area contributed by atoms with Gasteiger partial charge in [-0.05, 0) is 62.1 Å². The monoisotopic (exact) mass is 226 g/mol. The molecule has 0 aliphatic rings. The zero-order valence-corrected chi connectivity index (χ0v) is 10.8. The third-order valence-corrected chi connectivity index (χ3v) is 3.08. The quantitative estimate of drug-likeness (QED) is 0.769. The van der Waals surface area contributed by atoms with Crippen LogP contribution in [0.25, 0.3) is 11.1 Å². The Morgan fingerprint density at radius 2 is 1.29 bits per heavy atom. The molecule has 0 radical (unpaired) electrons. The molecular weight excluding hydrogens is 208 g/mol. The van der Waals surface area contributed by atoms with Crippen molar-refractivity contribution in [3.05, 3.63) is 52.6 Å². The molecule has 0 amide bonds. The Labute approximate surface area is 103 Å². The van der Waals surface area contributed by atoms with Gasteiger partial charge in [0.1, 0.15) is 5.75 Å². The fraction of sp³-hybridized carbons (Fsp3) is 0.250. The summed E-state index contributed by atoms with van der Waals surface area (Å²) < 4.78 is 0. The second-order valence-electron chi connectivity index (χ2n) is 4.83. The molecule has 0 fully saturated rings. The van der Waals surface area contributed by atoms with Gasteiger partial charge in [0.2, 0.25) is 0 Å². The van der Waals surface area contributed by atoms with E-state index in [1.54, 1.807) is 0 Å². The van der Waals surface area contributed by atoms with Crippen LogP contribution in [0.5, 0.6) is 5.75 Å². The highest BCUT2D eigenvalue weighted by atomic mass is 16.3. The van der Waals surface area contributed by atoms with Crippen LogP contribution in [-0.4, -0.2) is 5.11 Å². The number of hydrogen-bond donors (Lipinski definition) is 1. The predicted molar refractivity (Wildman–Crippen MR) is 72.5 cm³/mol. The minimum Gasteiger partial charge on any atom is -0.508 e. The van der Waals surface area contributed by atoms with Gasteiger partial charge < -0.3 is 5.11 Å². The summed E-state index contributed by atoms with van der Waals surface area (Å²) in [5, 5.41) is 9.68. The highest BCUT2D eigenvalue weighted by Gasteiger charge is 2.06. The lowest BCUT2D eigenvalue weighted by Gasteiger charge is -2.11. The second-order valence-corrected chi connectivity index (χ2v) is 4.83. The first kappa shape index (κ1) is 11.7. The third-order valence-electron chi connectivity index (χ3n) is 3.08. The van der Waals surface area contributed by atoms with Gasteiger partial charge in [-0.3, -0.25) is 0 Å². The minimum absolute atomic E-state index is 0.371. The zero-order chi connectivity index (χ0) is 12.6. The fourth-order valence-corrected chi connectivity index (χ4v) is 2.24. The van der Waals surface area contributed by atoms with E-state index in [9.17, 15) is 5.11 Å². The van der Waals surface area contributed by atoms with Crippen molar-refractivity contribution < 1.29 is 5.11 Å². The van der Waals surface area contributed by atoms with Crippen molar-refractivity contribution in [2.45, 2.75) is 27.7 Å². The van der Waals surface area contributed by atoms with Crippen molar-refractivity contribution in [1.82, 2.24) is 0 Å². The molecule has 1 nitrogen and oxygen atoms in total. The summed E-state index contributed by atoms with van der Waals surface area (Å²) in [5.74, 6) is 0.371. The van der Waals surface area contributed by atoms with Gasteiger partial charge in [0.15, 0.2) is 0 Å². The van der Waals surface area contributed by atoms with Crippen LogP contribution in [0, 0.1) is 27.7 Å². The van der Waals surface area contributed by atoms with E-state index in [1.165, 1.54) is 22.3 Å². The number of benzene rings is 2. The van der Waals surface area contributed by atoms with Crippen molar-refractivity contribution in [3.8, 4) is 16.9 Å². The molecule has 2 aromatic carbocycles. The number of aryl methyl sites for hydroxylation is 4. The summed E-state index contributed by atoms with van der Waals surface area (Å²) in [4.78, 5) is 0. The lowest BCUT2D eigenvalue weighted by molar-refractivity contribution is 0.471. The van der Waals surface area contributed by atoms with Gasteiger partial charge in [-0.1, -0.05) is 29.3 Å². The highest BCUT2D eigenvalue weighted by molar-refractivity contribution is 5.70. The van der Waals surface area contributed by atoms with Crippen molar-refractivity contribution in [2.24, 2.45) is 0 Å². The van der Waals surface area contributed by atoms with Crippen LogP contribution in [-0.2, 0) is 0 Å². The summed E-state index contributed by atoms with van der Waals surface area (Å²) in [7, 11) is 0. The second kappa shape index (κ2) is 4.25. The van der Waals surface area contributed by atoms with Crippen LogP contribution in [0.1, 0.15) is 22.3 Å². The maximum atomic E-state index is 9.68. The molecule has 0 saturated heterocycles. The predicted octanol–water partition coefficient (Wildman–Crippen LogP) is 4.29. The topological polar surface area (TPSA) is 20.2 Å². The van der Waals surface area contributed by atoms with Gasteiger partial charge in [-0.2, -0.15) is 0 Å². The number of phenolic OH excluding ortho intramolecular Hbond substituents is 1. The van der Waals surface area contributed by atoms with E-state index in [1.807, 2.05) is 19.9 Å². The third kappa shape index (κ3) is 2.33.